The molecular weight excluding hydrogens is 510 g/mol. The predicted octanol–water partition coefficient (Wildman–Crippen LogP) is 4.29. The van der Waals surface area contributed by atoms with E-state index < -0.39 is 31.5 Å². The van der Waals surface area contributed by atoms with Gasteiger partial charge in [-0.1, -0.05) is 25.1 Å². The molecule has 0 aliphatic carbocycles. The number of hydrogen-bond donors (Lipinski definition) is 0. The summed E-state index contributed by atoms with van der Waals surface area (Å²) in [5.41, 5.74) is -1.46. The number of benzene rings is 1. The molecule has 1 aromatic rings. The van der Waals surface area contributed by atoms with Crippen molar-refractivity contribution in [1.82, 2.24) is 4.90 Å². The molecule has 0 fully saturated rings. The quantitative estimate of drug-likeness (QED) is 0.136. The lowest BCUT2D eigenvalue weighted by Crippen LogP contribution is -2.34. The zero-order valence-corrected chi connectivity index (χ0v) is 24.3. The number of sulfone groups is 1. The zero-order chi connectivity index (χ0) is 29.0. The smallest absolute Gasteiger partial charge is 0.350 e. The van der Waals surface area contributed by atoms with E-state index in [2.05, 4.69) is 0 Å². The highest BCUT2D eigenvalue weighted by Crippen LogP contribution is 2.35. The molecule has 0 aromatic heterocycles. The van der Waals surface area contributed by atoms with Gasteiger partial charge in [0.25, 0.3) is 0 Å². The van der Waals surface area contributed by atoms with Crippen molar-refractivity contribution in [3.8, 4) is 0 Å². The number of ether oxygens (including phenoxy) is 3. The number of allylic oxidation sites excluding steroid dienone is 2. The van der Waals surface area contributed by atoms with Gasteiger partial charge >= 0.3 is 17.9 Å². The van der Waals surface area contributed by atoms with Gasteiger partial charge in [0.2, 0.25) is 9.84 Å². The number of esters is 3. The van der Waals surface area contributed by atoms with E-state index in [4.69, 9.17) is 14.2 Å². The maximum Gasteiger partial charge on any atom is 0.350 e. The Hall–Kier alpha value is -3.14. The normalized spacial score (nSPS) is 14.0. The average Bonchev–Trinajstić information content (AvgIpc) is 2.89. The maximum absolute atomic E-state index is 13.0. The van der Waals surface area contributed by atoms with Gasteiger partial charge < -0.3 is 19.1 Å². The van der Waals surface area contributed by atoms with Crippen LogP contribution in [0.5, 0.6) is 0 Å². The van der Waals surface area contributed by atoms with Crippen molar-refractivity contribution in [2.45, 2.75) is 58.8 Å². The molecule has 0 amide bonds. The number of nitrogens with zero attached hydrogens (tertiary/aromatic N) is 1. The van der Waals surface area contributed by atoms with E-state index in [1.807, 2.05) is 13.8 Å². The van der Waals surface area contributed by atoms with Crippen LogP contribution in [0.1, 0.15) is 53.9 Å². The number of rotatable bonds is 15. The molecule has 1 atom stereocenters. The number of hydrogen-bond acceptors (Lipinski definition) is 9. The SMILES string of the molecule is CCOC(=O)C(=CC=CN(C)CCOC(=O)C(C)(CC)CCC(C)(C)C(=O)OC)S(=O)(=O)c1ccccc1. The summed E-state index contributed by atoms with van der Waals surface area (Å²) >= 11 is 0. The fourth-order valence-electron chi connectivity index (χ4n) is 3.39. The largest absolute Gasteiger partial charge is 0.469 e. The van der Waals surface area contributed by atoms with Gasteiger partial charge in [-0.15, -0.1) is 0 Å². The molecule has 1 rings (SSSR count). The molecule has 38 heavy (non-hydrogen) atoms. The third-order valence-corrected chi connectivity index (χ3v) is 8.17. The van der Waals surface area contributed by atoms with Gasteiger partial charge in [0.1, 0.15) is 6.61 Å². The first kappa shape index (κ1) is 32.9. The van der Waals surface area contributed by atoms with Gasteiger partial charge in [0.15, 0.2) is 4.91 Å². The summed E-state index contributed by atoms with van der Waals surface area (Å²) in [5.74, 6) is -1.61. The van der Waals surface area contributed by atoms with Crippen LogP contribution in [0.15, 0.2) is 58.5 Å². The van der Waals surface area contributed by atoms with Gasteiger partial charge in [-0.3, -0.25) is 9.59 Å². The van der Waals surface area contributed by atoms with Crippen LogP contribution in [0.4, 0.5) is 0 Å². The van der Waals surface area contributed by atoms with Gasteiger partial charge in [-0.2, -0.15) is 0 Å². The van der Waals surface area contributed by atoms with E-state index in [1.54, 1.807) is 57.1 Å². The Morgan fingerprint density at radius 3 is 2.16 bits per heavy atom. The lowest BCUT2D eigenvalue weighted by molar-refractivity contribution is -0.158. The fourth-order valence-corrected chi connectivity index (χ4v) is 4.70. The zero-order valence-electron chi connectivity index (χ0n) is 23.5. The second-order valence-corrected chi connectivity index (χ2v) is 11.7. The van der Waals surface area contributed by atoms with E-state index in [0.29, 0.717) is 25.8 Å². The Morgan fingerprint density at radius 1 is 0.974 bits per heavy atom. The monoisotopic (exact) mass is 551 g/mol. The summed E-state index contributed by atoms with van der Waals surface area (Å²) in [7, 11) is -1.000. The Balaban J connectivity index is 2.82. The van der Waals surface area contributed by atoms with Gasteiger partial charge in [-0.25, -0.2) is 13.2 Å². The van der Waals surface area contributed by atoms with Crippen LogP contribution in [0.2, 0.25) is 0 Å². The van der Waals surface area contributed by atoms with Crippen molar-refractivity contribution in [2.75, 3.05) is 33.9 Å². The van der Waals surface area contributed by atoms with Crippen molar-refractivity contribution in [2.24, 2.45) is 10.8 Å². The minimum absolute atomic E-state index is 0.0121. The van der Waals surface area contributed by atoms with Crippen LogP contribution in [-0.4, -0.2) is 65.1 Å². The van der Waals surface area contributed by atoms with Gasteiger partial charge in [-0.05, 0) is 77.4 Å². The molecule has 9 nitrogen and oxygen atoms in total. The molecule has 0 heterocycles. The Labute approximate surface area is 226 Å². The first-order chi connectivity index (χ1) is 17.7. The highest BCUT2D eigenvalue weighted by molar-refractivity contribution is 7.96. The van der Waals surface area contributed by atoms with Crippen LogP contribution >= 0.6 is 0 Å². The summed E-state index contributed by atoms with van der Waals surface area (Å²) < 4.78 is 41.2. The van der Waals surface area contributed by atoms with E-state index in [1.165, 1.54) is 31.4 Å². The van der Waals surface area contributed by atoms with Crippen LogP contribution in [0, 0.1) is 10.8 Å². The van der Waals surface area contributed by atoms with Gasteiger partial charge in [0.05, 0.1) is 36.0 Å². The first-order valence-corrected chi connectivity index (χ1v) is 14.0. The second-order valence-electron chi connectivity index (χ2n) is 9.82. The highest BCUT2D eigenvalue weighted by Gasteiger charge is 2.37. The summed E-state index contributed by atoms with van der Waals surface area (Å²) in [6.45, 7) is 9.36. The van der Waals surface area contributed by atoms with Crippen LogP contribution in [0.25, 0.3) is 0 Å². The van der Waals surface area contributed by atoms with Crippen molar-refractivity contribution in [3.05, 3.63) is 53.6 Å². The van der Waals surface area contributed by atoms with Crippen LogP contribution in [0.3, 0.4) is 0 Å². The number of likely N-dealkylation sites (N-methyl/N-ethyl adjacent to an activating group) is 1. The molecule has 1 unspecified atom stereocenters. The summed E-state index contributed by atoms with van der Waals surface area (Å²) in [5, 5.41) is 0. The molecule has 212 valence electrons. The molecule has 0 saturated carbocycles. The Kier molecular flexibility index (Phi) is 12.7. The highest BCUT2D eigenvalue weighted by atomic mass is 32.2. The number of methoxy groups -OCH3 is 1. The molecule has 0 radical (unpaired) electrons. The van der Waals surface area contributed by atoms with E-state index >= 15 is 0 Å². The second kappa shape index (κ2) is 14.7. The van der Waals surface area contributed by atoms with Crippen molar-refractivity contribution in [3.63, 3.8) is 0 Å². The molecule has 0 aliphatic rings. The maximum atomic E-state index is 13.0. The minimum atomic E-state index is -4.07. The first-order valence-electron chi connectivity index (χ1n) is 12.6. The summed E-state index contributed by atoms with van der Waals surface area (Å²) in [6, 6.07) is 7.65. The topological polar surface area (TPSA) is 116 Å². The third-order valence-electron chi connectivity index (χ3n) is 6.40. The predicted molar refractivity (Wildman–Crippen MR) is 145 cm³/mol. The van der Waals surface area contributed by atoms with Gasteiger partial charge in [0, 0.05) is 7.05 Å². The number of carbonyl (C=O) groups excluding carboxylic acids is 3. The van der Waals surface area contributed by atoms with Crippen molar-refractivity contribution < 1.29 is 37.0 Å². The van der Waals surface area contributed by atoms with E-state index in [9.17, 15) is 22.8 Å². The molecule has 0 N–H and O–H groups in total. The molecule has 0 aliphatic heterocycles. The summed E-state index contributed by atoms with van der Waals surface area (Å²) in [6.07, 6.45) is 5.70. The molecule has 0 bridgehead atoms. The molecule has 0 saturated heterocycles. The van der Waals surface area contributed by atoms with Crippen molar-refractivity contribution in [1.29, 1.82) is 0 Å². The fraction of sp³-hybridized carbons (Fsp3) is 0.536. The molecule has 0 spiro atoms. The van der Waals surface area contributed by atoms with Crippen LogP contribution < -0.4 is 0 Å². The lowest BCUT2D eigenvalue weighted by Gasteiger charge is -2.30. The van der Waals surface area contributed by atoms with E-state index in [0.717, 1.165) is 0 Å². The number of carbonyl (C=O) groups is 3. The van der Waals surface area contributed by atoms with E-state index in [-0.39, 0.29) is 30.0 Å². The minimum Gasteiger partial charge on any atom is -0.469 e. The van der Waals surface area contributed by atoms with Crippen LogP contribution in [-0.2, 0) is 38.4 Å². The molecule has 1 aromatic carbocycles. The Morgan fingerprint density at radius 2 is 1.61 bits per heavy atom. The third kappa shape index (κ3) is 9.31. The average molecular weight is 552 g/mol. The molecule has 10 heteroatoms. The standard InChI is InChI=1S/C28H41NO8S/c1-8-28(5,18-17-27(3,4)25(31)35-7)26(32)37-21-20-29(6)19-13-16-23(24(30)36-9-2)38(33,34)22-14-11-10-12-15-22/h10-16,19H,8-9,17-18,20-21H2,1-7H3. The molecular formula is C28H41NO8S. The van der Waals surface area contributed by atoms with Crippen molar-refractivity contribution >= 4 is 27.7 Å². The summed E-state index contributed by atoms with van der Waals surface area (Å²) in [4.78, 5) is 38.4. The lowest BCUT2D eigenvalue weighted by atomic mass is 9.76. The Bertz CT molecular complexity index is 1110.